The number of aliphatic hydroxyl groups excluding tert-OH is 4. The van der Waals surface area contributed by atoms with Gasteiger partial charge in [-0.1, -0.05) is 26.7 Å². The molecule has 0 aromatic heterocycles. The molecule has 0 spiro atoms. The number of nitrogens with one attached hydrogen (secondary N) is 1. The molecular weight excluding hydrogens is 402 g/mol. The van der Waals surface area contributed by atoms with Gasteiger partial charge in [0.25, 0.3) is 0 Å². The summed E-state index contributed by atoms with van der Waals surface area (Å²) in [6.45, 7) is 5.42. The zero-order chi connectivity index (χ0) is 22.3. The first-order valence-electron chi connectivity index (χ1n) is 9.85. The molecule has 5 N–H and O–H groups in total. The predicted octanol–water partition coefficient (Wildman–Crippen LogP) is -0.169. The van der Waals surface area contributed by atoms with E-state index in [1.54, 1.807) is 6.26 Å². The quantitative estimate of drug-likeness (QED) is 0.219. The van der Waals surface area contributed by atoms with Crippen molar-refractivity contribution in [1.82, 2.24) is 10.3 Å². The molecule has 0 aliphatic carbocycles. The Morgan fingerprint density at radius 3 is 2.34 bits per heavy atom. The third-order valence-corrected chi connectivity index (χ3v) is 6.17. The summed E-state index contributed by atoms with van der Waals surface area (Å²) in [6.07, 6.45) is -2.75. The minimum atomic E-state index is -1.52. The Labute approximate surface area is 175 Å². The maximum atomic E-state index is 12.9. The van der Waals surface area contributed by atoms with E-state index in [0.717, 1.165) is 29.6 Å². The molecule has 170 valence electrons. The van der Waals surface area contributed by atoms with Crippen LogP contribution in [-0.2, 0) is 9.53 Å². The van der Waals surface area contributed by atoms with Crippen molar-refractivity contribution in [2.24, 2.45) is 11.2 Å². The number of ether oxygens (including phenoxy) is 1. The molecule has 0 radical (unpaired) electrons. The largest absolute Gasteiger partial charge is 0.391 e. The van der Waals surface area contributed by atoms with Crippen molar-refractivity contribution in [3.8, 4) is 0 Å². The number of nitroso groups, excluding NO2 is 1. The van der Waals surface area contributed by atoms with Gasteiger partial charge in [-0.3, -0.25) is 9.80 Å². The van der Waals surface area contributed by atoms with Gasteiger partial charge in [0.1, 0.15) is 35.9 Å². The van der Waals surface area contributed by atoms with Crippen molar-refractivity contribution in [2.45, 2.75) is 88.1 Å². The van der Waals surface area contributed by atoms with Crippen molar-refractivity contribution in [1.29, 1.82) is 0 Å². The monoisotopic (exact) mass is 437 g/mol. The standard InChI is InChI=1S/C18H35N3O7S/c1-6-7-9(2)8-11(21(4)20-27)17(26)19-12(10(3)22)16-14(24)13(23)15(25)18(28-16)29-5/h9-16,18,22-25H,6-8H2,1-5H3,(H,19,26)/t9-,10-,11+,12-,13+,14-,15-,16-,18-/m1/s1. The van der Waals surface area contributed by atoms with Crippen LogP contribution >= 0.6 is 11.8 Å². The predicted molar refractivity (Wildman–Crippen MR) is 110 cm³/mol. The van der Waals surface area contributed by atoms with Gasteiger partial charge in [-0.05, 0) is 25.5 Å². The number of hydrogen-bond acceptors (Lipinski definition) is 9. The van der Waals surface area contributed by atoms with Crippen LogP contribution in [0.3, 0.4) is 0 Å². The molecule has 11 heteroatoms. The van der Waals surface area contributed by atoms with Crippen LogP contribution in [0.5, 0.6) is 0 Å². The Bertz CT molecular complexity index is 526. The fourth-order valence-electron chi connectivity index (χ4n) is 3.58. The van der Waals surface area contributed by atoms with Gasteiger partial charge in [0.15, 0.2) is 0 Å². The average Bonchev–Trinajstić information content (AvgIpc) is 2.68. The fraction of sp³-hybridized carbons (Fsp3) is 0.944. The SMILES string of the molecule is CCC[C@@H](C)C[C@@H](C(=O)N[C@@H]([C@H]1O[C@H](SC)[C@H](O)[C@@H](O)[C@H]1O)[C@@H](C)O)N(C)N=O. The van der Waals surface area contributed by atoms with Crippen molar-refractivity contribution in [3.63, 3.8) is 0 Å². The number of aliphatic hydroxyl groups is 4. The summed E-state index contributed by atoms with van der Waals surface area (Å²) in [6, 6.07) is -1.93. The molecular formula is C18H35N3O7S. The maximum Gasteiger partial charge on any atom is 0.244 e. The second-order valence-corrected chi connectivity index (χ2v) is 8.69. The molecule has 0 saturated carbocycles. The van der Waals surface area contributed by atoms with E-state index in [2.05, 4.69) is 10.6 Å². The molecule has 1 aliphatic rings. The van der Waals surface area contributed by atoms with Gasteiger partial charge in [-0.15, -0.1) is 16.7 Å². The van der Waals surface area contributed by atoms with E-state index in [-0.39, 0.29) is 5.92 Å². The molecule has 0 aromatic carbocycles. The van der Waals surface area contributed by atoms with Crippen LogP contribution in [0.15, 0.2) is 5.29 Å². The number of carbonyl (C=O) groups excluding carboxylic acids is 1. The summed E-state index contributed by atoms with van der Waals surface area (Å²) in [4.78, 5) is 24.0. The third-order valence-electron chi connectivity index (χ3n) is 5.31. The highest BCUT2D eigenvalue weighted by Gasteiger charge is 2.48. The zero-order valence-electron chi connectivity index (χ0n) is 17.6. The van der Waals surface area contributed by atoms with Crippen LogP contribution < -0.4 is 5.32 Å². The molecule has 0 bridgehead atoms. The first-order valence-corrected chi connectivity index (χ1v) is 11.1. The molecule has 10 nitrogen and oxygen atoms in total. The highest BCUT2D eigenvalue weighted by atomic mass is 32.2. The summed E-state index contributed by atoms with van der Waals surface area (Å²) in [5.41, 5.74) is -0.837. The first-order chi connectivity index (χ1) is 13.6. The highest BCUT2D eigenvalue weighted by molar-refractivity contribution is 7.99. The van der Waals surface area contributed by atoms with Crippen LogP contribution in [0.2, 0.25) is 0 Å². The van der Waals surface area contributed by atoms with Crippen molar-refractivity contribution in [3.05, 3.63) is 4.91 Å². The number of nitrogens with zero attached hydrogens (tertiary/aromatic N) is 2. The molecule has 1 amide bonds. The number of carbonyl (C=O) groups is 1. The molecule has 29 heavy (non-hydrogen) atoms. The molecule has 1 fully saturated rings. The Kier molecular flexibility index (Phi) is 10.8. The topological polar surface area (TPSA) is 152 Å². The zero-order valence-corrected chi connectivity index (χ0v) is 18.5. The number of amides is 1. The molecule has 0 aromatic rings. The van der Waals surface area contributed by atoms with Gasteiger partial charge < -0.3 is 30.5 Å². The number of hydrogen-bond donors (Lipinski definition) is 5. The van der Waals surface area contributed by atoms with Crippen molar-refractivity contribution in [2.75, 3.05) is 13.3 Å². The van der Waals surface area contributed by atoms with Crippen LogP contribution in [0.4, 0.5) is 0 Å². The summed E-state index contributed by atoms with van der Waals surface area (Å²) >= 11 is 1.14. The lowest BCUT2D eigenvalue weighted by Gasteiger charge is -2.44. The van der Waals surface area contributed by atoms with Gasteiger partial charge in [-0.25, -0.2) is 0 Å². The van der Waals surface area contributed by atoms with E-state index < -0.39 is 53.9 Å². The second-order valence-electron chi connectivity index (χ2n) is 7.75. The summed E-state index contributed by atoms with van der Waals surface area (Å²) in [7, 11) is 1.41. The van der Waals surface area contributed by atoms with E-state index in [0.29, 0.717) is 6.42 Å². The van der Waals surface area contributed by atoms with Crippen LogP contribution in [0.25, 0.3) is 0 Å². The van der Waals surface area contributed by atoms with Gasteiger partial charge >= 0.3 is 0 Å². The van der Waals surface area contributed by atoms with Crippen LogP contribution in [0, 0.1) is 10.8 Å². The van der Waals surface area contributed by atoms with Crippen LogP contribution in [0.1, 0.15) is 40.0 Å². The fourth-order valence-corrected chi connectivity index (χ4v) is 4.26. The van der Waals surface area contributed by atoms with Gasteiger partial charge in [0, 0.05) is 7.05 Å². The van der Waals surface area contributed by atoms with Gasteiger partial charge in [-0.2, -0.15) is 0 Å². The lowest BCUT2D eigenvalue weighted by molar-refractivity contribution is -0.211. The lowest BCUT2D eigenvalue weighted by Crippen LogP contribution is -2.65. The summed E-state index contributed by atoms with van der Waals surface area (Å²) in [5.74, 6) is -0.377. The average molecular weight is 438 g/mol. The van der Waals surface area contributed by atoms with E-state index in [1.807, 2.05) is 13.8 Å². The molecule has 1 rings (SSSR count). The molecule has 1 aliphatic heterocycles. The number of thioether (sulfide) groups is 1. The second kappa shape index (κ2) is 12.0. The van der Waals surface area contributed by atoms with E-state index in [4.69, 9.17) is 4.74 Å². The number of rotatable bonds is 11. The minimum absolute atomic E-state index is 0.166. The Balaban J connectivity index is 3.02. The van der Waals surface area contributed by atoms with Gasteiger partial charge in [0.2, 0.25) is 5.91 Å². The van der Waals surface area contributed by atoms with E-state index in [9.17, 15) is 30.1 Å². The number of likely N-dealkylation sites (N-methyl/N-ethyl adjacent to an activating group) is 1. The molecule has 1 saturated heterocycles. The smallest absolute Gasteiger partial charge is 0.244 e. The van der Waals surface area contributed by atoms with Crippen molar-refractivity contribution < 1.29 is 30.0 Å². The Morgan fingerprint density at radius 1 is 1.24 bits per heavy atom. The Morgan fingerprint density at radius 2 is 1.86 bits per heavy atom. The molecule has 1 heterocycles. The van der Waals surface area contributed by atoms with E-state index in [1.165, 1.54) is 14.0 Å². The normalized spacial score (nSPS) is 31.4. The highest BCUT2D eigenvalue weighted by Crippen LogP contribution is 2.29. The minimum Gasteiger partial charge on any atom is -0.391 e. The summed E-state index contributed by atoms with van der Waals surface area (Å²) < 4.78 is 5.67. The summed E-state index contributed by atoms with van der Waals surface area (Å²) in [5, 5.41) is 47.3. The first kappa shape index (κ1) is 26.1. The third kappa shape index (κ3) is 6.76. The van der Waals surface area contributed by atoms with E-state index >= 15 is 0 Å². The van der Waals surface area contributed by atoms with Crippen molar-refractivity contribution >= 4 is 17.7 Å². The molecule has 9 atom stereocenters. The van der Waals surface area contributed by atoms with Crippen LogP contribution in [-0.4, -0.2) is 92.7 Å². The lowest BCUT2D eigenvalue weighted by atomic mass is 9.91. The Hall–Kier alpha value is -0.980. The van der Waals surface area contributed by atoms with Gasteiger partial charge in [0.05, 0.1) is 17.4 Å². The maximum absolute atomic E-state index is 12.9. The molecule has 0 unspecified atom stereocenters.